The topological polar surface area (TPSA) is 63.2 Å². The van der Waals surface area contributed by atoms with E-state index in [2.05, 4.69) is 70.1 Å². The minimum Gasteiger partial charge on any atom is -0.448 e. The minimum atomic E-state index is -0.382. The SMILES string of the molecule is C=CCSc1nnc2c(n1)O[C@H](c1ccc(N(CC)CC)cc1)Nc1ccccc1-2. The van der Waals surface area contributed by atoms with Crippen LogP contribution in [0, 0.1) is 0 Å². The molecule has 0 amide bonds. The van der Waals surface area contributed by atoms with Crippen LogP contribution in [0.5, 0.6) is 5.88 Å². The predicted octanol–water partition coefficient (Wildman–Crippen LogP) is 5.17. The van der Waals surface area contributed by atoms with E-state index in [1.165, 1.54) is 17.4 Å². The van der Waals surface area contributed by atoms with Gasteiger partial charge in [0.05, 0.1) is 0 Å². The first-order valence-corrected chi connectivity index (χ1v) is 11.1. The molecule has 1 atom stereocenters. The second kappa shape index (κ2) is 9.17. The standard InChI is InChI=1S/C23H25N5OS/c1-4-15-30-23-25-22-20(26-27-23)18-9-7-8-10-19(18)24-21(29-22)16-11-13-17(14-12-16)28(5-2)6-3/h4,7-14,21,24H,1,5-6,15H2,2-3H3/t21-/m1/s1. The summed E-state index contributed by atoms with van der Waals surface area (Å²) in [4.78, 5) is 6.94. The zero-order chi connectivity index (χ0) is 20.9. The molecule has 1 aliphatic rings. The van der Waals surface area contributed by atoms with Gasteiger partial charge in [0.2, 0.25) is 11.0 Å². The molecule has 6 nitrogen and oxygen atoms in total. The molecule has 154 valence electrons. The number of thioether (sulfide) groups is 1. The molecule has 30 heavy (non-hydrogen) atoms. The number of fused-ring (bicyclic) bond motifs is 3. The maximum Gasteiger partial charge on any atom is 0.247 e. The Hall–Kier alpha value is -3.06. The monoisotopic (exact) mass is 419 g/mol. The molecular formula is C23H25N5OS. The lowest BCUT2D eigenvalue weighted by Gasteiger charge is -2.23. The zero-order valence-electron chi connectivity index (χ0n) is 17.2. The second-order valence-electron chi connectivity index (χ2n) is 6.80. The summed E-state index contributed by atoms with van der Waals surface area (Å²) >= 11 is 1.48. The molecule has 2 heterocycles. The number of anilines is 2. The first-order chi connectivity index (χ1) is 14.7. The third-order valence-corrected chi connectivity index (χ3v) is 5.82. The molecule has 1 N–H and O–H groups in total. The summed E-state index contributed by atoms with van der Waals surface area (Å²) in [5.41, 5.74) is 4.73. The Balaban J connectivity index is 1.71. The normalized spacial score (nSPS) is 14.5. The molecular weight excluding hydrogens is 394 g/mol. The van der Waals surface area contributed by atoms with Gasteiger partial charge < -0.3 is 15.0 Å². The molecule has 0 saturated carbocycles. The van der Waals surface area contributed by atoms with Crippen molar-refractivity contribution >= 4 is 23.1 Å². The number of rotatable bonds is 7. The second-order valence-corrected chi connectivity index (χ2v) is 7.79. The largest absolute Gasteiger partial charge is 0.448 e. The molecule has 4 rings (SSSR count). The van der Waals surface area contributed by atoms with Gasteiger partial charge in [0.15, 0.2) is 11.9 Å². The van der Waals surface area contributed by atoms with E-state index in [9.17, 15) is 0 Å². The van der Waals surface area contributed by atoms with E-state index in [0.717, 1.165) is 29.9 Å². The highest BCUT2D eigenvalue weighted by molar-refractivity contribution is 7.99. The highest BCUT2D eigenvalue weighted by Crippen LogP contribution is 2.39. The fraction of sp³-hybridized carbons (Fsp3) is 0.261. The van der Waals surface area contributed by atoms with Crippen molar-refractivity contribution in [3.05, 3.63) is 66.7 Å². The molecule has 0 unspecified atom stereocenters. The Kier molecular flexibility index (Phi) is 6.18. The third-order valence-electron chi connectivity index (χ3n) is 4.99. The van der Waals surface area contributed by atoms with Gasteiger partial charge in [-0.05, 0) is 32.0 Å². The van der Waals surface area contributed by atoms with Gasteiger partial charge in [0.25, 0.3) is 0 Å². The van der Waals surface area contributed by atoms with E-state index in [-0.39, 0.29) is 6.23 Å². The van der Waals surface area contributed by atoms with Crippen molar-refractivity contribution in [3.63, 3.8) is 0 Å². The molecule has 1 aliphatic heterocycles. The van der Waals surface area contributed by atoms with Crippen LogP contribution in [0.3, 0.4) is 0 Å². The molecule has 0 fully saturated rings. The van der Waals surface area contributed by atoms with Crippen molar-refractivity contribution in [1.82, 2.24) is 15.2 Å². The Morgan fingerprint density at radius 2 is 1.87 bits per heavy atom. The van der Waals surface area contributed by atoms with Gasteiger partial charge in [-0.3, -0.25) is 0 Å². The molecule has 0 radical (unpaired) electrons. The van der Waals surface area contributed by atoms with E-state index in [1.807, 2.05) is 30.3 Å². The summed E-state index contributed by atoms with van der Waals surface area (Å²) in [6.45, 7) is 10.0. The number of hydrogen-bond acceptors (Lipinski definition) is 7. The molecule has 2 aromatic carbocycles. The first kappa shape index (κ1) is 20.2. The van der Waals surface area contributed by atoms with Crippen LogP contribution in [0.25, 0.3) is 11.3 Å². The van der Waals surface area contributed by atoms with Crippen LogP contribution >= 0.6 is 11.8 Å². The number of hydrogen-bond donors (Lipinski definition) is 1. The van der Waals surface area contributed by atoms with Crippen LogP contribution in [0.15, 0.2) is 66.3 Å². The van der Waals surface area contributed by atoms with Crippen LogP contribution < -0.4 is 15.0 Å². The molecule has 3 aromatic rings. The highest BCUT2D eigenvalue weighted by atomic mass is 32.2. The Morgan fingerprint density at radius 3 is 2.60 bits per heavy atom. The minimum absolute atomic E-state index is 0.382. The Morgan fingerprint density at radius 1 is 1.10 bits per heavy atom. The van der Waals surface area contributed by atoms with Crippen LogP contribution in [-0.2, 0) is 0 Å². The van der Waals surface area contributed by atoms with Crippen molar-refractivity contribution < 1.29 is 4.74 Å². The van der Waals surface area contributed by atoms with E-state index in [0.29, 0.717) is 22.5 Å². The average Bonchev–Trinajstić information content (AvgIpc) is 2.95. The Bertz CT molecular complexity index is 1020. The fourth-order valence-electron chi connectivity index (χ4n) is 3.44. The van der Waals surface area contributed by atoms with E-state index in [1.54, 1.807) is 0 Å². The average molecular weight is 420 g/mol. The lowest BCUT2D eigenvalue weighted by Crippen LogP contribution is -2.22. The number of benzene rings is 2. The summed E-state index contributed by atoms with van der Waals surface area (Å²) in [6, 6.07) is 16.5. The molecule has 0 aliphatic carbocycles. The van der Waals surface area contributed by atoms with Crippen molar-refractivity contribution in [2.45, 2.75) is 25.2 Å². The third kappa shape index (κ3) is 4.11. The van der Waals surface area contributed by atoms with Gasteiger partial charge in [-0.15, -0.1) is 16.8 Å². The lowest BCUT2D eigenvalue weighted by molar-refractivity contribution is 0.225. The molecule has 1 aromatic heterocycles. The number of nitrogens with zero attached hydrogens (tertiary/aromatic N) is 4. The van der Waals surface area contributed by atoms with Gasteiger partial charge >= 0.3 is 0 Å². The fourth-order valence-corrected chi connectivity index (χ4v) is 3.95. The summed E-state index contributed by atoms with van der Waals surface area (Å²) in [5, 5.41) is 12.7. The molecule has 7 heteroatoms. The quantitative estimate of drug-likeness (QED) is 0.419. The van der Waals surface area contributed by atoms with Crippen molar-refractivity contribution in [2.24, 2.45) is 0 Å². The number of para-hydroxylation sites is 1. The summed E-state index contributed by atoms with van der Waals surface area (Å²) < 4.78 is 6.32. The summed E-state index contributed by atoms with van der Waals surface area (Å²) in [7, 11) is 0. The van der Waals surface area contributed by atoms with Crippen LogP contribution in [-0.4, -0.2) is 34.0 Å². The molecule has 0 spiro atoms. The molecule has 0 bridgehead atoms. The van der Waals surface area contributed by atoms with Gasteiger partial charge in [0.1, 0.15) is 0 Å². The van der Waals surface area contributed by atoms with Crippen molar-refractivity contribution in [1.29, 1.82) is 0 Å². The summed E-state index contributed by atoms with van der Waals surface area (Å²) in [5.74, 6) is 1.19. The summed E-state index contributed by atoms with van der Waals surface area (Å²) in [6.07, 6.45) is 1.43. The lowest BCUT2D eigenvalue weighted by atomic mass is 10.1. The maximum absolute atomic E-state index is 6.32. The number of aromatic nitrogens is 3. The van der Waals surface area contributed by atoms with Gasteiger partial charge in [-0.25, -0.2) is 0 Å². The van der Waals surface area contributed by atoms with Crippen molar-refractivity contribution in [3.8, 4) is 17.1 Å². The van der Waals surface area contributed by atoms with E-state index in [4.69, 9.17) is 4.74 Å². The van der Waals surface area contributed by atoms with E-state index < -0.39 is 0 Å². The van der Waals surface area contributed by atoms with Crippen LogP contribution in [0.1, 0.15) is 25.6 Å². The van der Waals surface area contributed by atoms with Gasteiger partial charge in [-0.1, -0.05) is 48.2 Å². The predicted molar refractivity (Wildman–Crippen MR) is 123 cm³/mol. The number of ether oxygens (including phenoxy) is 1. The first-order valence-electron chi connectivity index (χ1n) is 10.1. The Labute approximate surface area is 181 Å². The van der Waals surface area contributed by atoms with Crippen LogP contribution in [0.2, 0.25) is 0 Å². The van der Waals surface area contributed by atoms with E-state index >= 15 is 0 Å². The highest BCUT2D eigenvalue weighted by Gasteiger charge is 2.26. The zero-order valence-corrected chi connectivity index (χ0v) is 18.0. The van der Waals surface area contributed by atoms with Gasteiger partial charge in [-0.2, -0.15) is 4.98 Å². The number of nitrogens with one attached hydrogen (secondary N) is 1. The molecule has 0 saturated heterocycles. The maximum atomic E-state index is 6.32. The van der Waals surface area contributed by atoms with Crippen molar-refractivity contribution in [2.75, 3.05) is 29.1 Å². The van der Waals surface area contributed by atoms with Gasteiger partial charge in [0, 0.05) is 41.3 Å². The smallest absolute Gasteiger partial charge is 0.247 e. The van der Waals surface area contributed by atoms with Crippen LogP contribution in [0.4, 0.5) is 11.4 Å².